The molecule has 7 heteroatoms. The Morgan fingerprint density at radius 2 is 1.84 bits per heavy atom. The first-order chi connectivity index (χ1) is 11.8. The highest BCUT2D eigenvalue weighted by molar-refractivity contribution is 6.15. The maximum Gasteiger partial charge on any atom is 0.337 e. The van der Waals surface area contributed by atoms with Crippen molar-refractivity contribution < 1.29 is 29.0 Å². The van der Waals surface area contributed by atoms with Gasteiger partial charge in [-0.3, -0.25) is 9.69 Å². The predicted octanol–water partition coefficient (Wildman–Crippen LogP) is 1.29. The fourth-order valence-corrected chi connectivity index (χ4v) is 2.80. The minimum Gasteiger partial charge on any atom is -0.464 e. The van der Waals surface area contributed by atoms with Crippen LogP contribution in [0.15, 0.2) is 36.4 Å². The van der Waals surface area contributed by atoms with Gasteiger partial charge in [0.05, 0.1) is 24.5 Å². The molecule has 1 aromatic carbocycles. The average Bonchev–Trinajstić information content (AvgIpc) is 2.83. The van der Waals surface area contributed by atoms with Gasteiger partial charge in [0.1, 0.15) is 6.04 Å². The van der Waals surface area contributed by atoms with Crippen LogP contribution < -0.4 is 4.90 Å². The molecule has 7 nitrogen and oxygen atoms in total. The van der Waals surface area contributed by atoms with Gasteiger partial charge in [-0.2, -0.15) is 0 Å². The summed E-state index contributed by atoms with van der Waals surface area (Å²) in [5.74, 6) is -2.33. The summed E-state index contributed by atoms with van der Waals surface area (Å²) in [7, 11) is 0. The SMILES string of the molecule is C=C(C(=O)OCC)C1(O)C(=O)N(C(C)C(=O)OCC)c2ccccc21. The van der Waals surface area contributed by atoms with Crippen molar-refractivity contribution in [2.24, 2.45) is 0 Å². The molecule has 1 amide bonds. The molecular weight excluding hydrogens is 326 g/mol. The number of carbonyl (C=O) groups is 3. The third-order valence-electron chi connectivity index (χ3n) is 4.06. The van der Waals surface area contributed by atoms with E-state index in [2.05, 4.69) is 6.58 Å². The highest BCUT2D eigenvalue weighted by Gasteiger charge is 2.55. The molecule has 1 aliphatic rings. The third kappa shape index (κ3) is 2.91. The number of nitrogens with zero attached hydrogens (tertiary/aromatic N) is 1. The number of para-hydroxylation sites is 1. The van der Waals surface area contributed by atoms with Crippen LogP contribution in [-0.4, -0.2) is 42.2 Å². The van der Waals surface area contributed by atoms with Crippen LogP contribution in [0.5, 0.6) is 0 Å². The van der Waals surface area contributed by atoms with Crippen molar-refractivity contribution in [3.63, 3.8) is 0 Å². The molecule has 25 heavy (non-hydrogen) atoms. The minimum absolute atomic E-state index is 0.0761. The van der Waals surface area contributed by atoms with Gasteiger partial charge in [0.15, 0.2) is 0 Å². The van der Waals surface area contributed by atoms with Gasteiger partial charge in [0.2, 0.25) is 5.60 Å². The van der Waals surface area contributed by atoms with Gasteiger partial charge >= 0.3 is 11.9 Å². The number of hydrogen-bond acceptors (Lipinski definition) is 6. The van der Waals surface area contributed by atoms with E-state index in [1.54, 1.807) is 32.0 Å². The van der Waals surface area contributed by atoms with Crippen LogP contribution in [0.25, 0.3) is 0 Å². The number of benzene rings is 1. The normalized spacial score (nSPS) is 20.0. The zero-order valence-corrected chi connectivity index (χ0v) is 14.4. The van der Waals surface area contributed by atoms with Crippen LogP contribution in [-0.2, 0) is 29.5 Å². The van der Waals surface area contributed by atoms with E-state index < -0.39 is 35.1 Å². The van der Waals surface area contributed by atoms with E-state index in [4.69, 9.17) is 9.47 Å². The van der Waals surface area contributed by atoms with E-state index in [0.717, 1.165) is 4.90 Å². The number of carbonyl (C=O) groups excluding carboxylic acids is 3. The van der Waals surface area contributed by atoms with Crippen LogP contribution in [0.1, 0.15) is 26.3 Å². The van der Waals surface area contributed by atoms with Crippen LogP contribution in [0, 0.1) is 0 Å². The lowest BCUT2D eigenvalue weighted by molar-refractivity contribution is -0.148. The summed E-state index contributed by atoms with van der Waals surface area (Å²) in [4.78, 5) is 38.3. The van der Waals surface area contributed by atoms with Crippen molar-refractivity contribution in [1.82, 2.24) is 0 Å². The van der Waals surface area contributed by atoms with Crippen LogP contribution in [0.2, 0.25) is 0 Å². The molecule has 2 atom stereocenters. The largest absolute Gasteiger partial charge is 0.464 e. The van der Waals surface area contributed by atoms with Gasteiger partial charge in [0.25, 0.3) is 5.91 Å². The molecule has 0 saturated heterocycles. The summed E-state index contributed by atoms with van der Waals surface area (Å²) in [6, 6.07) is 5.40. The molecule has 0 saturated carbocycles. The van der Waals surface area contributed by atoms with E-state index in [1.807, 2.05) is 0 Å². The first kappa shape index (κ1) is 18.7. The molecular formula is C18H21NO6. The molecule has 134 valence electrons. The van der Waals surface area contributed by atoms with Crippen molar-refractivity contribution in [3.8, 4) is 0 Å². The fraction of sp³-hybridized carbons (Fsp3) is 0.389. The maximum atomic E-state index is 13.0. The average molecular weight is 347 g/mol. The minimum atomic E-state index is -2.29. The lowest BCUT2D eigenvalue weighted by Gasteiger charge is -2.26. The summed E-state index contributed by atoms with van der Waals surface area (Å²) >= 11 is 0. The topological polar surface area (TPSA) is 93.1 Å². The summed E-state index contributed by atoms with van der Waals surface area (Å²) in [6.07, 6.45) is 0. The van der Waals surface area contributed by atoms with E-state index in [9.17, 15) is 19.5 Å². The number of esters is 2. The maximum absolute atomic E-state index is 13.0. The van der Waals surface area contributed by atoms with Gasteiger partial charge in [0, 0.05) is 5.56 Å². The molecule has 0 spiro atoms. The number of aliphatic hydroxyl groups is 1. The Kier molecular flexibility index (Phi) is 5.27. The second-order valence-corrected chi connectivity index (χ2v) is 5.53. The summed E-state index contributed by atoms with van der Waals surface area (Å²) < 4.78 is 9.83. The molecule has 0 aliphatic carbocycles. The quantitative estimate of drug-likeness (QED) is 0.616. The van der Waals surface area contributed by atoms with Crippen LogP contribution >= 0.6 is 0 Å². The third-order valence-corrected chi connectivity index (χ3v) is 4.06. The number of ether oxygens (including phenoxy) is 2. The number of fused-ring (bicyclic) bond motifs is 1. The van der Waals surface area contributed by atoms with E-state index in [1.165, 1.54) is 13.0 Å². The lowest BCUT2D eigenvalue weighted by Crippen LogP contribution is -2.49. The Morgan fingerprint density at radius 3 is 2.44 bits per heavy atom. The Labute approximate surface area is 145 Å². The molecule has 0 bridgehead atoms. The molecule has 2 unspecified atom stereocenters. The molecule has 1 aromatic rings. The first-order valence-electron chi connectivity index (χ1n) is 7.99. The smallest absolute Gasteiger partial charge is 0.337 e. The molecule has 2 rings (SSSR count). The zero-order valence-electron chi connectivity index (χ0n) is 14.4. The van der Waals surface area contributed by atoms with E-state index in [-0.39, 0.29) is 18.8 Å². The predicted molar refractivity (Wildman–Crippen MR) is 89.7 cm³/mol. The number of anilines is 1. The molecule has 0 aromatic heterocycles. The van der Waals surface area contributed by atoms with Crippen molar-refractivity contribution in [3.05, 3.63) is 42.0 Å². The highest BCUT2D eigenvalue weighted by atomic mass is 16.5. The first-order valence-corrected chi connectivity index (χ1v) is 7.99. The summed E-state index contributed by atoms with van der Waals surface area (Å²) in [6.45, 7) is 8.55. The molecule has 1 N–H and O–H groups in total. The van der Waals surface area contributed by atoms with E-state index in [0.29, 0.717) is 5.69 Å². The number of hydrogen-bond donors (Lipinski definition) is 1. The fourth-order valence-electron chi connectivity index (χ4n) is 2.80. The Balaban J connectivity index is 2.52. The van der Waals surface area contributed by atoms with Crippen molar-refractivity contribution in [1.29, 1.82) is 0 Å². The molecule has 1 aliphatic heterocycles. The Bertz CT molecular complexity index is 728. The van der Waals surface area contributed by atoms with Gasteiger partial charge in [-0.15, -0.1) is 0 Å². The van der Waals surface area contributed by atoms with Crippen molar-refractivity contribution in [2.75, 3.05) is 18.1 Å². The van der Waals surface area contributed by atoms with Gasteiger partial charge in [-0.25, -0.2) is 9.59 Å². The van der Waals surface area contributed by atoms with Gasteiger partial charge < -0.3 is 14.6 Å². The monoisotopic (exact) mass is 347 g/mol. The standard InChI is InChI=1S/C18H21NO6/c1-5-24-15(20)11(3)18(23)13-9-7-8-10-14(13)19(17(18)22)12(4)16(21)25-6-2/h7-10,12,23H,3,5-6H2,1-2,4H3. The van der Waals surface area contributed by atoms with Crippen molar-refractivity contribution in [2.45, 2.75) is 32.4 Å². The lowest BCUT2D eigenvalue weighted by atomic mass is 9.88. The van der Waals surface area contributed by atoms with Crippen LogP contribution in [0.4, 0.5) is 5.69 Å². The van der Waals surface area contributed by atoms with Crippen molar-refractivity contribution >= 4 is 23.5 Å². The van der Waals surface area contributed by atoms with Gasteiger partial charge in [-0.05, 0) is 26.8 Å². The molecule has 0 radical (unpaired) electrons. The Hall–Kier alpha value is -2.67. The second-order valence-electron chi connectivity index (χ2n) is 5.53. The van der Waals surface area contributed by atoms with Gasteiger partial charge in [-0.1, -0.05) is 24.8 Å². The van der Waals surface area contributed by atoms with Crippen LogP contribution in [0.3, 0.4) is 0 Å². The molecule has 0 fully saturated rings. The summed E-state index contributed by atoms with van der Waals surface area (Å²) in [5, 5.41) is 11.1. The Morgan fingerprint density at radius 1 is 1.24 bits per heavy atom. The molecule has 1 heterocycles. The zero-order chi connectivity index (χ0) is 18.8. The number of rotatable bonds is 6. The van der Waals surface area contributed by atoms with E-state index >= 15 is 0 Å². The highest BCUT2D eigenvalue weighted by Crippen LogP contribution is 2.45. The number of amides is 1. The summed E-state index contributed by atoms with van der Waals surface area (Å²) in [5.41, 5.74) is -2.19. The second kappa shape index (κ2) is 7.06.